The first-order chi connectivity index (χ1) is 6.55. The van der Waals surface area contributed by atoms with Crippen molar-refractivity contribution in [1.82, 2.24) is 9.55 Å². The van der Waals surface area contributed by atoms with E-state index in [1.807, 2.05) is 0 Å². The number of imidazole rings is 1. The van der Waals surface area contributed by atoms with Crippen molar-refractivity contribution < 1.29 is 0 Å². The third-order valence-electron chi connectivity index (χ3n) is 2.74. The first kappa shape index (κ1) is 12.3. The van der Waals surface area contributed by atoms with Crippen molar-refractivity contribution in [3.05, 3.63) is 17.2 Å². The Kier molecular flexibility index (Phi) is 2.75. The van der Waals surface area contributed by atoms with Gasteiger partial charge in [0.15, 0.2) is 0 Å². The first-order valence-corrected chi connectivity index (χ1v) is 5.59. The highest BCUT2D eigenvalue weighted by molar-refractivity contribution is 5.29. The molecule has 0 aliphatic rings. The summed E-state index contributed by atoms with van der Waals surface area (Å²) in [4.78, 5) is 4.71. The second-order valence-corrected chi connectivity index (χ2v) is 6.42. The average Bonchev–Trinajstić information content (AvgIpc) is 2.25. The van der Waals surface area contributed by atoms with Gasteiger partial charge in [0.05, 0.1) is 5.69 Å². The van der Waals surface area contributed by atoms with E-state index >= 15 is 0 Å². The Labute approximate surface area is 93.7 Å². The highest BCUT2D eigenvalue weighted by Gasteiger charge is 2.30. The van der Waals surface area contributed by atoms with E-state index in [2.05, 4.69) is 60.1 Å². The highest BCUT2D eigenvalue weighted by Crippen LogP contribution is 2.33. The number of hydrogen-bond donors (Lipinski definition) is 0. The summed E-state index contributed by atoms with van der Waals surface area (Å²) in [5, 5.41) is 0. The average molecular weight is 208 g/mol. The molecule has 0 fully saturated rings. The minimum atomic E-state index is 0.120. The molecule has 0 unspecified atom stereocenters. The second kappa shape index (κ2) is 3.36. The number of nitrogens with zero attached hydrogens (tertiary/aromatic N) is 2. The molecule has 0 atom stereocenters. The van der Waals surface area contributed by atoms with Gasteiger partial charge in [0.2, 0.25) is 0 Å². The van der Waals surface area contributed by atoms with Gasteiger partial charge in [0.25, 0.3) is 0 Å². The summed E-state index contributed by atoms with van der Waals surface area (Å²) in [6, 6.07) is 0. The lowest BCUT2D eigenvalue weighted by Gasteiger charge is -2.26. The van der Waals surface area contributed by atoms with Gasteiger partial charge in [0, 0.05) is 23.6 Å². The molecule has 1 aromatic heterocycles. The van der Waals surface area contributed by atoms with Gasteiger partial charge in [0.1, 0.15) is 5.82 Å². The molecule has 1 aromatic rings. The molecule has 0 saturated carbocycles. The standard InChI is InChI=1S/C13H24N2/c1-9-14-10(12(2,3)4)11(15(9)8)13(5,6)7/h1-8H3. The van der Waals surface area contributed by atoms with Crippen LogP contribution >= 0.6 is 0 Å². The van der Waals surface area contributed by atoms with Crippen LogP contribution in [-0.2, 0) is 17.9 Å². The molecule has 0 aliphatic heterocycles. The summed E-state index contributed by atoms with van der Waals surface area (Å²) in [6.45, 7) is 15.5. The van der Waals surface area contributed by atoms with E-state index < -0.39 is 0 Å². The van der Waals surface area contributed by atoms with Crippen LogP contribution < -0.4 is 0 Å². The zero-order valence-corrected chi connectivity index (χ0v) is 11.4. The molecule has 2 nitrogen and oxygen atoms in total. The molecule has 0 amide bonds. The highest BCUT2D eigenvalue weighted by atomic mass is 15.1. The van der Waals surface area contributed by atoms with Crippen LogP contribution in [0.1, 0.15) is 58.8 Å². The van der Waals surface area contributed by atoms with Gasteiger partial charge in [-0.3, -0.25) is 0 Å². The largest absolute Gasteiger partial charge is 0.335 e. The summed E-state index contributed by atoms with van der Waals surface area (Å²) in [7, 11) is 2.11. The summed E-state index contributed by atoms with van der Waals surface area (Å²) >= 11 is 0. The van der Waals surface area contributed by atoms with Crippen molar-refractivity contribution >= 4 is 0 Å². The molecule has 15 heavy (non-hydrogen) atoms. The van der Waals surface area contributed by atoms with Crippen LogP contribution in [0.25, 0.3) is 0 Å². The van der Waals surface area contributed by atoms with Crippen molar-refractivity contribution in [3.8, 4) is 0 Å². The SMILES string of the molecule is Cc1nc(C(C)(C)C)c(C(C)(C)C)n1C. The monoisotopic (exact) mass is 208 g/mol. The quantitative estimate of drug-likeness (QED) is 0.639. The lowest BCUT2D eigenvalue weighted by atomic mass is 9.82. The van der Waals surface area contributed by atoms with E-state index in [1.165, 1.54) is 11.4 Å². The molecule has 0 spiro atoms. The molecular formula is C13H24N2. The topological polar surface area (TPSA) is 17.8 Å². The predicted octanol–water partition coefficient (Wildman–Crippen LogP) is 3.32. The molecule has 0 aromatic carbocycles. The zero-order chi connectivity index (χ0) is 12.0. The fraction of sp³-hybridized carbons (Fsp3) is 0.769. The Morgan fingerprint density at radius 2 is 1.40 bits per heavy atom. The van der Waals surface area contributed by atoms with Gasteiger partial charge in [-0.1, -0.05) is 41.5 Å². The maximum absolute atomic E-state index is 4.71. The fourth-order valence-electron chi connectivity index (χ4n) is 1.99. The van der Waals surface area contributed by atoms with E-state index in [1.54, 1.807) is 0 Å². The molecule has 0 saturated heterocycles. The fourth-order valence-corrected chi connectivity index (χ4v) is 1.99. The van der Waals surface area contributed by atoms with Crippen LogP contribution in [0.3, 0.4) is 0 Å². The summed E-state index contributed by atoms with van der Waals surface area (Å²) < 4.78 is 2.22. The van der Waals surface area contributed by atoms with Gasteiger partial charge >= 0.3 is 0 Å². The lowest BCUT2D eigenvalue weighted by Crippen LogP contribution is -2.24. The molecule has 2 heteroatoms. The normalized spacial score (nSPS) is 13.3. The Hall–Kier alpha value is -0.790. The van der Waals surface area contributed by atoms with Crippen LogP contribution in [0.4, 0.5) is 0 Å². The minimum absolute atomic E-state index is 0.120. The summed E-state index contributed by atoms with van der Waals surface area (Å²) in [5.74, 6) is 1.10. The Morgan fingerprint density at radius 1 is 0.933 bits per heavy atom. The maximum Gasteiger partial charge on any atom is 0.105 e. The van der Waals surface area contributed by atoms with Crippen LogP contribution in [0.15, 0.2) is 0 Å². The predicted molar refractivity (Wildman–Crippen MR) is 65.3 cm³/mol. The van der Waals surface area contributed by atoms with Gasteiger partial charge < -0.3 is 4.57 Å². The van der Waals surface area contributed by atoms with Crippen LogP contribution in [-0.4, -0.2) is 9.55 Å². The van der Waals surface area contributed by atoms with Gasteiger partial charge in [-0.25, -0.2) is 4.98 Å². The van der Waals surface area contributed by atoms with E-state index in [0.29, 0.717) is 0 Å². The third-order valence-corrected chi connectivity index (χ3v) is 2.74. The summed E-state index contributed by atoms with van der Waals surface area (Å²) in [5.41, 5.74) is 2.86. The Morgan fingerprint density at radius 3 is 1.67 bits per heavy atom. The van der Waals surface area contributed by atoms with Gasteiger partial charge in [-0.15, -0.1) is 0 Å². The molecule has 1 rings (SSSR count). The van der Waals surface area contributed by atoms with Crippen molar-refractivity contribution in [3.63, 3.8) is 0 Å². The Bertz CT molecular complexity index is 359. The smallest absolute Gasteiger partial charge is 0.105 e. The molecule has 86 valence electrons. The van der Waals surface area contributed by atoms with Crippen molar-refractivity contribution in [2.75, 3.05) is 0 Å². The lowest BCUT2D eigenvalue weighted by molar-refractivity contribution is 0.495. The second-order valence-electron chi connectivity index (χ2n) is 6.42. The van der Waals surface area contributed by atoms with E-state index in [9.17, 15) is 0 Å². The van der Waals surface area contributed by atoms with Gasteiger partial charge in [-0.2, -0.15) is 0 Å². The molecule has 0 radical (unpaired) electrons. The van der Waals surface area contributed by atoms with Crippen molar-refractivity contribution in [2.24, 2.45) is 7.05 Å². The zero-order valence-electron chi connectivity index (χ0n) is 11.4. The van der Waals surface area contributed by atoms with Crippen molar-refractivity contribution in [1.29, 1.82) is 0 Å². The number of aryl methyl sites for hydroxylation is 1. The number of aromatic nitrogens is 2. The first-order valence-electron chi connectivity index (χ1n) is 5.59. The van der Waals surface area contributed by atoms with Crippen LogP contribution in [0, 0.1) is 6.92 Å². The van der Waals surface area contributed by atoms with Crippen LogP contribution in [0.2, 0.25) is 0 Å². The molecule has 0 N–H and O–H groups in total. The van der Waals surface area contributed by atoms with Crippen LogP contribution in [0.5, 0.6) is 0 Å². The molecule has 0 bridgehead atoms. The molecule has 1 heterocycles. The third kappa shape index (κ3) is 2.24. The van der Waals surface area contributed by atoms with E-state index in [4.69, 9.17) is 4.98 Å². The van der Waals surface area contributed by atoms with E-state index in [0.717, 1.165) is 5.82 Å². The van der Waals surface area contributed by atoms with E-state index in [-0.39, 0.29) is 10.8 Å². The Balaban J connectivity index is 3.48. The molecular weight excluding hydrogens is 184 g/mol. The number of hydrogen-bond acceptors (Lipinski definition) is 1. The summed E-state index contributed by atoms with van der Waals surface area (Å²) in [6.07, 6.45) is 0. The maximum atomic E-state index is 4.71. The number of rotatable bonds is 0. The van der Waals surface area contributed by atoms with Crippen molar-refractivity contribution in [2.45, 2.75) is 59.3 Å². The molecule has 0 aliphatic carbocycles. The minimum Gasteiger partial charge on any atom is -0.335 e. The van der Waals surface area contributed by atoms with Gasteiger partial charge in [-0.05, 0) is 6.92 Å².